The van der Waals surface area contributed by atoms with Crippen LogP contribution in [-0.2, 0) is 0 Å². The Morgan fingerprint density at radius 2 is 1.85 bits per heavy atom. The fourth-order valence-electron chi connectivity index (χ4n) is 0.998. The maximum absolute atomic E-state index is 4.77. The van der Waals surface area contributed by atoms with Gasteiger partial charge in [-0.2, -0.15) is 0 Å². The summed E-state index contributed by atoms with van der Waals surface area (Å²) in [7, 11) is 0. The van der Waals surface area contributed by atoms with Crippen LogP contribution in [0.3, 0.4) is 0 Å². The number of rotatable bonds is 1. The van der Waals surface area contributed by atoms with Crippen LogP contribution in [0.25, 0.3) is 11.3 Å². The molecule has 2 aromatic heterocycles. The SMILES string of the molecule is Brc1cncc(Br)c1-c1ccon1. The number of hydrogen-bond acceptors (Lipinski definition) is 3. The van der Waals surface area contributed by atoms with Crippen molar-refractivity contribution < 1.29 is 4.52 Å². The van der Waals surface area contributed by atoms with Crippen LogP contribution in [0.1, 0.15) is 0 Å². The molecule has 0 spiro atoms. The van der Waals surface area contributed by atoms with E-state index < -0.39 is 0 Å². The van der Waals surface area contributed by atoms with Gasteiger partial charge in [0.15, 0.2) is 0 Å². The molecule has 2 heterocycles. The zero-order valence-corrected chi connectivity index (χ0v) is 9.54. The van der Waals surface area contributed by atoms with Crippen LogP contribution in [-0.4, -0.2) is 10.1 Å². The van der Waals surface area contributed by atoms with E-state index in [-0.39, 0.29) is 0 Å². The summed E-state index contributed by atoms with van der Waals surface area (Å²) in [6.07, 6.45) is 4.97. The molecule has 2 rings (SSSR count). The molecule has 0 N–H and O–H groups in total. The fourth-order valence-corrected chi connectivity index (χ4v) is 2.33. The molecule has 0 saturated carbocycles. The minimum atomic E-state index is 0.779. The first kappa shape index (κ1) is 8.90. The van der Waals surface area contributed by atoms with E-state index in [4.69, 9.17) is 4.52 Å². The maximum atomic E-state index is 4.77. The topological polar surface area (TPSA) is 38.9 Å². The Hall–Kier alpha value is -0.680. The van der Waals surface area contributed by atoms with Crippen molar-refractivity contribution in [1.29, 1.82) is 0 Å². The molecule has 0 unspecified atom stereocenters. The van der Waals surface area contributed by atoms with Gasteiger partial charge in [-0.15, -0.1) is 0 Å². The van der Waals surface area contributed by atoms with Gasteiger partial charge in [-0.3, -0.25) is 4.98 Å². The van der Waals surface area contributed by atoms with Crippen LogP contribution in [0.15, 0.2) is 38.2 Å². The van der Waals surface area contributed by atoms with Crippen LogP contribution < -0.4 is 0 Å². The van der Waals surface area contributed by atoms with Crippen molar-refractivity contribution in [2.45, 2.75) is 0 Å². The Morgan fingerprint density at radius 1 is 1.15 bits per heavy atom. The minimum absolute atomic E-state index is 0.779. The molecule has 13 heavy (non-hydrogen) atoms. The first-order valence-corrected chi connectivity index (χ1v) is 5.07. The van der Waals surface area contributed by atoms with Crippen molar-refractivity contribution in [3.63, 3.8) is 0 Å². The highest BCUT2D eigenvalue weighted by Gasteiger charge is 2.10. The van der Waals surface area contributed by atoms with Crippen molar-refractivity contribution in [2.24, 2.45) is 0 Å². The highest BCUT2D eigenvalue weighted by Crippen LogP contribution is 2.32. The van der Waals surface area contributed by atoms with Gasteiger partial charge in [-0.05, 0) is 31.9 Å². The Balaban J connectivity index is 2.64. The average molecular weight is 304 g/mol. The standard InChI is InChI=1S/C8H4Br2N2O/c9-5-3-11-4-6(10)8(5)7-1-2-13-12-7/h1-4H. The molecule has 66 valence electrons. The first-order chi connectivity index (χ1) is 6.29. The largest absolute Gasteiger partial charge is 0.364 e. The predicted octanol–water partition coefficient (Wildman–Crippen LogP) is 3.26. The van der Waals surface area contributed by atoms with Crippen molar-refractivity contribution in [3.05, 3.63) is 33.7 Å². The second-order valence-corrected chi connectivity index (χ2v) is 4.07. The van der Waals surface area contributed by atoms with E-state index in [1.54, 1.807) is 18.5 Å². The van der Waals surface area contributed by atoms with Gasteiger partial charge in [0.1, 0.15) is 12.0 Å². The summed E-state index contributed by atoms with van der Waals surface area (Å²) in [4.78, 5) is 4.00. The Kier molecular flexibility index (Phi) is 2.46. The van der Waals surface area contributed by atoms with Gasteiger partial charge >= 0.3 is 0 Å². The maximum Gasteiger partial charge on any atom is 0.124 e. The summed E-state index contributed by atoms with van der Waals surface area (Å²) in [6, 6.07) is 1.80. The number of halogens is 2. The number of aromatic nitrogens is 2. The molecule has 0 saturated heterocycles. The molecule has 0 bridgehead atoms. The highest BCUT2D eigenvalue weighted by atomic mass is 79.9. The smallest absolute Gasteiger partial charge is 0.124 e. The quantitative estimate of drug-likeness (QED) is 0.811. The molecular weight excluding hydrogens is 300 g/mol. The number of pyridine rings is 1. The second kappa shape index (κ2) is 3.59. The van der Waals surface area contributed by atoms with Gasteiger partial charge in [-0.1, -0.05) is 5.16 Å². The third kappa shape index (κ3) is 1.66. The monoisotopic (exact) mass is 302 g/mol. The normalized spacial score (nSPS) is 10.3. The van der Waals surface area contributed by atoms with E-state index >= 15 is 0 Å². The Bertz CT molecular complexity index is 394. The van der Waals surface area contributed by atoms with Crippen molar-refractivity contribution >= 4 is 31.9 Å². The van der Waals surface area contributed by atoms with Crippen LogP contribution in [0, 0.1) is 0 Å². The molecule has 0 atom stereocenters. The summed E-state index contributed by atoms with van der Waals surface area (Å²) in [5.74, 6) is 0. The molecule has 0 aliphatic carbocycles. The van der Waals surface area contributed by atoms with Gasteiger partial charge in [0.05, 0.1) is 0 Å². The van der Waals surface area contributed by atoms with Crippen LogP contribution in [0.4, 0.5) is 0 Å². The average Bonchev–Trinajstić information content (AvgIpc) is 2.57. The second-order valence-electron chi connectivity index (χ2n) is 2.36. The molecule has 5 heteroatoms. The zero-order chi connectivity index (χ0) is 9.26. The Labute approximate surface area is 91.4 Å². The molecular formula is C8H4Br2N2O. The summed E-state index contributed by atoms with van der Waals surface area (Å²) in [5.41, 5.74) is 1.73. The molecule has 0 radical (unpaired) electrons. The van der Waals surface area contributed by atoms with E-state index in [9.17, 15) is 0 Å². The lowest BCUT2D eigenvalue weighted by molar-refractivity contribution is 0.422. The highest BCUT2D eigenvalue weighted by molar-refractivity contribution is 9.11. The van der Waals surface area contributed by atoms with Gasteiger partial charge < -0.3 is 4.52 Å². The molecule has 3 nitrogen and oxygen atoms in total. The number of hydrogen-bond donors (Lipinski definition) is 0. The van der Waals surface area contributed by atoms with Gasteiger partial charge in [0.2, 0.25) is 0 Å². The molecule has 0 aliphatic heterocycles. The third-order valence-electron chi connectivity index (χ3n) is 1.55. The van der Waals surface area contributed by atoms with E-state index in [0.717, 1.165) is 20.2 Å². The van der Waals surface area contributed by atoms with E-state index in [1.807, 2.05) is 0 Å². The van der Waals surface area contributed by atoms with Gasteiger partial charge in [0.25, 0.3) is 0 Å². The van der Waals surface area contributed by atoms with Crippen LogP contribution >= 0.6 is 31.9 Å². The lowest BCUT2D eigenvalue weighted by Gasteiger charge is -2.01. The summed E-state index contributed by atoms with van der Waals surface area (Å²) in [6.45, 7) is 0. The molecule has 0 fully saturated rings. The van der Waals surface area contributed by atoms with Gasteiger partial charge in [-0.25, -0.2) is 0 Å². The van der Waals surface area contributed by atoms with Crippen molar-refractivity contribution in [2.75, 3.05) is 0 Å². The van der Waals surface area contributed by atoms with E-state index in [1.165, 1.54) is 6.26 Å². The molecule has 0 amide bonds. The lowest BCUT2D eigenvalue weighted by Crippen LogP contribution is -1.83. The molecule has 0 aromatic carbocycles. The molecule has 2 aromatic rings. The van der Waals surface area contributed by atoms with Crippen molar-refractivity contribution in [1.82, 2.24) is 10.1 Å². The Morgan fingerprint density at radius 3 is 2.38 bits per heavy atom. The zero-order valence-electron chi connectivity index (χ0n) is 6.37. The fraction of sp³-hybridized carbons (Fsp3) is 0. The van der Waals surface area contributed by atoms with E-state index in [2.05, 4.69) is 42.0 Å². The summed E-state index contributed by atoms with van der Waals surface area (Å²) in [5, 5.41) is 3.85. The number of nitrogens with zero attached hydrogens (tertiary/aromatic N) is 2. The lowest BCUT2D eigenvalue weighted by atomic mass is 10.2. The first-order valence-electron chi connectivity index (χ1n) is 3.49. The minimum Gasteiger partial charge on any atom is -0.364 e. The molecule has 0 aliphatic rings. The summed E-state index contributed by atoms with van der Waals surface area (Å²) >= 11 is 6.79. The summed E-state index contributed by atoms with van der Waals surface area (Å²) < 4.78 is 6.54. The van der Waals surface area contributed by atoms with Crippen LogP contribution in [0.2, 0.25) is 0 Å². The van der Waals surface area contributed by atoms with Gasteiger partial charge in [0, 0.05) is 33.0 Å². The van der Waals surface area contributed by atoms with Crippen molar-refractivity contribution in [3.8, 4) is 11.3 Å². The third-order valence-corrected chi connectivity index (χ3v) is 2.75. The predicted molar refractivity (Wildman–Crippen MR) is 55.1 cm³/mol. The van der Waals surface area contributed by atoms with E-state index in [0.29, 0.717) is 0 Å². The van der Waals surface area contributed by atoms with Crippen LogP contribution in [0.5, 0.6) is 0 Å².